The van der Waals surface area contributed by atoms with E-state index in [0.717, 1.165) is 17.0 Å². The molecule has 1 aromatic heterocycles. The standard InChI is InChI=1S/C20H13Cl2F3N4O3/c1-19(12-6-7-13(21)14(22)8-12)17(30)29(18(31)27-19)9-15-26-16(28-32-15)10-2-4-11(5-3-10)20(23,24)25/h2-8H,9H2,1H3,(H,27,31). The molecule has 7 nitrogen and oxygen atoms in total. The number of rotatable bonds is 4. The van der Waals surface area contributed by atoms with E-state index in [0.29, 0.717) is 10.6 Å². The van der Waals surface area contributed by atoms with Crippen molar-refractivity contribution in [1.82, 2.24) is 20.4 Å². The normalized spacial score (nSPS) is 18.9. The minimum absolute atomic E-state index is 0.0213. The van der Waals surface area contributed by atoms with Gasteiger partial charge in [0, 0.05) is 5.56 Å². The zero-order valence-electron chi connectivity index (χ0n) is 16.2. The van der Waals surface area contributed by atoms with Crippen LogP contribution in [0.1, 0.15) is 23.9 Å². The lowest BCUT2D eigenvalue weighted by atomic mass is 9.92. The number of imide groups is 1. The van der Waals surface area contributed by atoms with Crippen molar-refractivity contribution in [2.75, 3.05) is 0 Å². The maximum atomic E-state index is 13.0. The molecule has 0 spiro atoms. The fraction of sp³-hybridized carbons (Fsp3) is 0.200. The first-order valence-electron chi connectivity index (χ1n) is 9.09. The first-order chi connectivity index (χ1) is 15.0. The summed E-state index contributed by atoms with van der Waals surface area (Å²) in [6, 6.07) is 8.08. The van der Waals surface area contributed by atoms with Gasteiger partial charge in [-0.1, -0.05) is 46.6 Å². The van der Waals surface area contributed by atoms with Crippen LogP contribution in [0.3, 0.4) is 0 Å². The Labute approximate surface area is 189 Å². The first-order valence-corrected chi connectivity index (χ1v) is 9.84. The van der Waals surface area contributed by atoms with Gasteiger partial charge in [0.15, 0.2) is 0 Å². The van der Waals surface area contributed by atoms with Crippen LogP contribution < -0.4 is 5.32 Å². The van der Waals surface area contributed by atoms with Gasteiger partial charge in [-0.3, -0.25) is 9.69 Å². The summed E-state index contributed by atoms with van der Waals surface area (Å²) in [4.78, 5) is 30.5. The van der Waals surface area contributed by atoms with E-state index in [1.807, 2.05) is 0 Å². The number of carbonyl (C=O) groups excluding carboxylic acids is 2. The van der Waals surface area contributed by atoms with E-state index in [1.54, 1.807) is 6.07 Å². The second-order valence-electron chi connectivity index (χ2n) is 7.16. The Balaban J connectivity index is 1.54. The molecule has 0 aliphatic carbocycles. The number of carbonyl (C=O) groups is 2. The number of nitrogens with one attached hydrogen (secondary N) is 1. The van der Waals surface area contributed by atoms with E-state index in [1.165, 1.54) is 31.2 Å². The van der Waals surface area contributed by atoms with Crippen molar-refractivity contribution in [3.05, 3.63) is 69.5 Å². The van der Waals surface area contributed by atoms with Crippen LogP contribution in [0, 0.1) is 0 Å². The fourth-order valence-electron chi connectivity index (χ4n) is 3.22. The van der Waals surface area contributed by atoms with Crippen molar-refractivity contribution in [2.45, 2.75) is 25.2 Å². The molecule has 4 rings (SSSR count). The van der Waals surface area contributed by atoms with Gasteiger partial charge < -0.3 is 9.84 Å². The highest BCUT2D eigenvalue weighted by Gasteiger charge is 2.49. The van der Waals surface area contributed by atoms with Crippen LogP contribution in [0.15, 0.2) is 47.0 Å². The Morgan fingerprint density at radius 2 is 1.78 bits per heavy atom. The summed E-state index contributed by atoms with van der Waals surface area (Å²) < 4.78 is 43.2. The molecule has 0 saturated carbocycles. The summed E-state index contributed by atoms with van der Waals surface area (Å²) in [7, 11) is 0. The zero-order valence-corrected chi connectivity index (χ0v) is 17.7. The molecule has 1 saturated heterocycles. The first kappa shape index (κ1) is 22.1. The fourth-order valence-corrected chi connectivity index (χ4v) is 3.52. The molecule has 12 heteroatoms. The Morgan fingerprint density at radius 1 is 1.09 bits per heavy atom. The van der Waals surface area contributed by atoms with E-state index >= 15 is 0 Å². The highest BCUT2D eigenvalue weighted by atomic mass is 35.5. The number of hydrogen-bond acceptors (Lipinski definition) is 5. The predicted molar refractivity (Wildman–Crippen MR) is 108 cm³/mol. The van der Waals surface area contributed by atoms with Crippen LogP contribution in [-0.2, 0) is 23.1 Å². The minimum Gasteiger partial charge on any atom is -0.337 e. The molecule has 32 heavy (non-hydrogen) atoms. The van der Waals surface area contributed by atoms with Gasteiger partial charge >= 0.3 is 12.2 Å². The molecule has 1 unspecified atom stereocenters. The molecule has 1 fully saturated rings. The molecular weight excluding hydrogens is 472 g/mol. The van der Waals surface area contributed by atoms with Crippen LogP contribution >= 0.6 is 23.2 Å². The van der Waals surface area contributed by atoms with Gasteiger partial charge in [0.1, 0.15) is 12.1 Å². The molecule has 0 radical (unpaired) electrons. The molecule has 166 valence electrons. The van der Waals surface area contributed by atoms with Crippen LogP contribution in [0.25, 0.3) is 11.4 Å². The minimum atomic E-state index is -4.47. The van der Waals surface area contributed by atoms with E-state index in [4.69, 9.17) is 27.7 Å². The van der Waals surface area contributed by atoms with E-state index in [9.17, 15) is 22.8 Å². The van der Waals surface area contributed by atoms with Gasteiger partial charge in [0.25, 0.3) is 5.91 Å². The van der Waals surface area contributed by atoms with Crippen LogP contribution in [-0.4, -0.2) is 27.0 Å². The third-order valence-corrected chi connectivity index (χ3v) is 5.74. The third-order valence-electron chi connectivity index (χ3n) is 5.00. The maximum absolute atomic E-state index is 13.0. The van der Waals surface area contributed by atoms with Gasteiger partial charge in [0.2, 0.25) is 11.7 Å². The Kier molecular flexibility index (Phi) is 5.38. The Hall–Kier alpha value is -3.11. The van der Waals surface area contributed by atoms with Crippen molar-refractivity contribution < 1.29 is 27.3 Å². The SMILES string of the molecule is CC1(c2ccc(Cl)c(Cl)c2)NC(=O)N(Cc2nc(-c3ccc(C(F)(F)F)cc3)no2)C1=O. The van der Waals surface area contributed by atoms with Gasteiger partial charge in [-0.05, 0) is 36.8 Å². The van der Waals surface area contributed by atoms with Gasteiger partial charge in [-0.15, -0.1) is 0 Å². The second-order valence-corrected chi connectivity index (χ2v) is 7.98. The third kappa shape index (κ3) is 3.91. The molecule has 2 heterocycles. The summed E-state index contributed by atoms with van der Waals surface area (Å²) in [5, 5.41) is 6.85. The number of aromatic nitrogens is 2. The highest BCUT2D eigenvalue weighted by molar-refractivity contribution is 6.42. The molecule has 3 amide bonds. The molecular formula is C20H13Cl2F3N4O3. The monoisotopic (exact) mass is 484 g/mol. The van der Waals surface area contributed by atoms with Crippen molar-refractivity contribution in [3.63, 3.8) is 0 Å². The number of urea groups is 1. The molecule has 1 aliphatic rings. The van der Waals surface area contributed by atoms with Crippen molar-refractivity contribution in [1.29, 1.82) is 0 Å². The summed E-state index contributed by atoms with van der Waals surface area (Å²) in [6.07, 6.45) is -4.47. The Bertz CT molecular complexity index is 1210. The molecule has 1 aliphatic heterocycles. The summed E-state index contributed by atoms with van der Waals surface area (Å²) in [5.41, 5.74) is -1.48. The average Bonchev–Trinajstić information content (AvgIpc) is 3.29. The molecule has 3 aromatic rings. The van der Waals surface area contributed by atoms with Gasteiger partial charge in [-0.25, -0.2) is 4.79 Å². The maximum Gasteiger partial charge on any atom is 0.416 e. The number of nitrogens with zero attached hydrogens (tertiary/aromatic N) is 3. The number of halogens is 5. The number of benzene rings is 2. The highest BCUT2D eigenvalue weighted by Crippen LogP contribution is 2.34. The lowest BCUT2D eigenvalue weighted by molar-refractivity contribution is -0.137. The van der Waals surface area contributed by atoms with Crippen molar-refractivity contribution in [3.8, 4) is 11.4 Å². The average molecular weight is 485 g/mol. The van der Waals surface area contributed by atoms with Gasteiger partial charge in [-0.2, -0.15) is 18.2 Å². The van der Waals surface area contributed by atoms with E-state index < -0.39 is 29.2 Å². The summed E-state index contributed by atoms with van der Waals surface area (Å²) in [5.74, 6) is -0.620. The number of hydrogen-bond donors (Lipinski definition) is 1. The van der Waals surface area contributed by atoms with Crippen LogP contribution in [0.5, 0.6) is 0 Å². The van der Waals surface area contributed by atoms with Crippen molar-refractivity contribution >= 4 is 35.1 Å². The summed E-state index contributed by atoms with van der Waals surface area (Å²) >= 11 is 12.0. The lowest BCUT2D eigenvalue weighted by Crippen LogP contribution is -2.40. The van der Waals surface area contributed by atoms with Crippen molar-refractivity contribution in [2.24, 2.45) is 0 Å². The van der Waals surface area contributed by atoms with Gasteiger partial charge in [0.05, 0.1) is 15.6 Å². The smallest absolute Gasteiger partial charge is 0.337 e. The number of amides is 3. The molecule has 0 bridgehead atoms. The zero-order chi connectivity index (χ0) is 23.3. The van der Waals surface area contributed by atoms with E-state index in [-0.39, 0.29) is 28.8 Å². The molecule has 1 N–H and O–H groups in total. The molecule has 2 aromatic carbocycles. The predicted octanol–water partition coefficient (Wildman–Crippen LogP) is 5.03. The number of alkyl halides is 3. The second kappa shape index (κ2) is 7.79. The quantitative estimate of drug-likeness (QED) is 0.524. The Morgan fingerprint density at radius 3 is 2.41 bits per heavy atom. The summed E-state index contributed by atoms with van der Waals surface area (Å²) in [6.45, 7) is 1.20. The molecule has 1 atom stereocenters. The lowest BCUT2D eigenvalue weighted by Gasteiger charge is -2.22. The largest absolute Gasteiger partial charge is 0.416 e. The van der Waals surface area contributed by atoms with Crippen LogP contribution in [0.2, 0.25) is 10.0 Å². The van der Waals surface area contributed by atoms with E-state index in [2.05, 4.69) is 15.5 Å². The topological polar surface area (TPSA) is 88.3 Å². The van der Waals surface area contributed by atoms with Crippen LogP contribution in [0.4, 0.5) is 18.0 Å².